The number of carbonyl (C=O) groups excluding carboxylic acids is 2. The van der Waals surface area contributed by atoms with Crippen LogP contribution in [0.1, 0.15) is 24.5 Å². The van der Waals surface area contributed by atoms with Crippen molar-refractivity contribution in [1.29, 1.82) is 0 Å². The van der Waals surface area contributed by atoms with Crippen LogP contribution in [0.5, 0.6) is 0 Å². The summed E-state index contributed by atoms with van der Waals surface area (Å²) in [5, 5.41) is 8.79. The van der Waals surface area contributed by atoms with Gasteiger partial charge in [-0.15, -0.1) is 0 Å². The molecule has 0 aromatic heterocycles. The van der Waals surface area contributed by atoms with E-state index in [1.165, 1.54) is 6.07 Å². The lowest BCUT2D eigenvalue weighted by atomic mass is 9.99. The van der Waals surface area contributed by atoms with Gasteiger partial charge >= 0.3 is 0 Å². The lowest BCUT2D eigenvalue weighted by Gasteiger charge is -2.15. The summed E-state index contributed by atoms with van der Waals surface area (Å²) in [5.41, 5.74) is 9.62. The number of rotatable bonds is 5. The van der Waals surface area contributed by atoms with Gasteiger partial charge in [0.25, 0.3) is 5.91 Å². The van der Waals surface area contributed by atoms with Crippen molar-refractivity contribution in [3.8, 4) is 11.1 Å². The number of amides is 2. The lowest BCUT2D eigenvalue weighted by molar-refractivity contribution is -0.120. The molecule has 6 N–H and O–H groups in total. The Labute approximate surface area is 202 Å². The standard InChI is InChI=1S/C25H23N5O4S/c1-15(16-6-8-18(9-7-16)24(26)29-27)21-14-23(31)30(25(21)32)19-12-10-17(11-13-19)20-4-2-3-5-22(20)35(28,33)34/h2-13H,14,27H2,1H3,(H2,26,29)(H2,28,33,34)/b21-15-. The normalized spacial score (nSPS) is 16.1. The van der Waals surface area contributed by atoms with Crippen LogP contribution >= 0.6 is 0 Å². The van der Waals surface area contributed by atoms with E-state index in [0.29, 0.717) is 33.5 Å². The van der Waals surface area contributed by atoms with Gasteiger partial charge in [0.1, 0.15) is 5.84 Å². The van der Waals surface area contributed by atoms with Crippen molar-refractivity contribution in [2.24, 2.45) is 21.8 Å². The lowest BCUT2D eigenvalue weighted by Crippen LogP contribution is -2.29. The third-order valence-electron chi connectivity index (χ3n) is 5.87. The van der Waals surface area contributed by atoms with E-state index < -0.39 is 15.9 Å². The molecule has 9 nitrogen and oxygen atoms in total. The van der Waals surface area contributed by atoms with E-state index in [1.807, 2.05) is 0 Å². The molecule has 1 fully saturated rings. The van der Waals surface area contributed by atoms with Crippen molar-refractivity contribution >= 4 is 38.9 Å². The highest BCUT2D eigenvalue weighted by Crippen LogP contribution is 2.33. The van der Waals surface area contributed by atoms with Gasteiger partial charge in [0.15, 0.2) is 0 Å². The Morgan fingerprint density at radius 2 is 1.51 bits per heavy atom. The average molecular weight is 490 g/mol. The quantitative estimate of drug-likeness (QED) is 0.124. The highest BCUT2D eigenvalue weighted by molar-refractivity contribution is 7.89. The molecule has 10 heteroatoms. The van der Waals surface area contributed by atoms with Crippen LogP contribution in [0, 0.1) is 0 Å². The number of nitrogens with two attached hydrogens (primary N) is 3. The molecule has 0 aliphatic carbocycles. The van der Waals surface area contributed by atoms with Crippen molar-refractivity contribution in [3.63, 3.8) is 0 Å². The fraction of sp³-hybridized carbons (Fsp3) is 0.0800. The van der Waals surface area contributed by atoms with Gasteiger partial charge in [0, 0.05) is 16.7 Å². The average Bonchev–Trinajstić information content (AvgIpc) is 3.16. The van der Waals surface area contributed by atoms with Crippen molar-refractivity contribution < 1.29 is 18.0 Å². The molecule has 1 saturated heterocycles. The maximum atomic E-state index is 13.2. The molecule has 178 valence electrons. The molecule has 35 heavy (non-hydrogen) atoms. The zero-order valence-electron chi connectivity index (χ0n) is 18.8. The summed E-state index contributed by atoms with van der Waals surface area (Å²) < 4.78 is 23.9. The number of hydrazone groups is 1. The zero-order chi connectivity index (χ0) is 25.3. The van der Waals surface area contributed by atoms with Gasteiger partial charge in [-0.3, -0.25) is 9.59 Å². The van der Waals surface area contributed by atoms with Crippen LogP contribution in [0.3, 0.4) is 0 Å². The summed E-state index contributed by atoms with van der Waals surface area (Å²) >= 11 is 0. The number of nitrogens with zero attached hydrogens (tertiary/aromatic N) is 2. The molecule has 1 aliphatic heterocycles. The second-order valence-corrected chi connectivity index (χ2v) is 9.52. The second-order valence-electron chi connectivity index (χ2n) is 7.99. The van der Waals surface area contributed by atoms with Crippen molar-refractivity contribution in [3.05, 3.63) is 89.5 Å². The molecular formula is C25H23N5O4S. The van der Waals surface area contributed by atoms with Gasteiger partial charge < -0.3 is 11.6 Å². The Bertz CT molecular complexity index is 1490. The molecule has 1 heterocycles. The van der Waals surface area contributed by atoms with E-state index >= 15 is 0 Å². The summed E-state index contributed by atoms with van der Waals surface area (Å²) in [6.07, 6.45) is -0.0329. The molecule has 0 radical (unpaired) electrons. The third kappa shape index (κ3) is 4.57. The van der Waals surface area contributed by atoms with Crippen LogP contribution in [-0.4, -0.2) is 26.1 Å². The first kappa shape index (κ1) is 23.9. The first-order valence-electron chi connectivity index (χ1n) is 10.5. The van der Waals surface area contributed by atoms with E-state index in [-0.39, 0.29) is 23.1 Å². The van der Waals surface area contributed by atoms with Gasteiger partial charge in [0.05, 0.1) is 17.0 Å². The predicted octanol–water partition coefficient (Wildman–Crippen LogP) is 2.32. The number of hydrogen-bond acceptors (Lipinski definition) is 6. The van der Waals surface area contributed by atoms with E-state index in [1.54, 1.807) is 73.7 Å². The predicted molar refractivity (Wildman–Crippen MR) is 134 cm³/mol. The molecule has 0 bridgehead atoms. The van der Waals surface area contributed by atoms with Gasteiger partial charge in [0.2, 0.25) is 15.9 Å². The Hall–Kier alpha value is -4.28. The van der Waals surface area contributed by atoms with Gasteiger partial charge in [-0.25, -0.2) is 18.5 Å². The van der Waals surface area contributed by atoms with Crippen LogP contribution < -0.4 is 21.6 Å². The fourth-order valence-corrected chi connectivity index (χ4v) is 4.75. The van der Waals surface area contributed by atoms with Gasteiger partial charge in [-0.2, -0.15) is 5.10 Å². The molecular weight excluding hydrogens is 466 g/mol. The molecule has 2 amide bonds. The molecule has 3 aromatic rings. The summed E-state index contributed by atoms with van der Waals surface area (Å²) in [6, 6.07) is 19.9. The SMILES string of the molecule is C/C(=C1\CC(=O)N(c2ccc(-c3ccccc3S(N)(=O)=O)cc2)C1=O)c1ccc(/C(N)=N/N)cc1. The molecule has 0 atom stereocenters. The Kier molecular flexibility index (Phi) is 6.25. The topological polar surface area (TPSA) is 162 Å². The Morgan fingerprint density at radius 3 is 2.11 bits per heavy atom. The first-order valence-corrected chi connectivity index (χ1v) is 12.1. The van der Waals surface area contributed by atoms with E-state index in [2.05, 4.69) is 5.10 Å². The van der Waals surface area contributed by atoms with Crippen LogP contribution in [0.2, 0.25) is 0 Å². The summed E-state index contributed by atoms with van der Waals surface area (Å²) in [4.78, 5) is 27.1. The van der Waals surface area contributed by atoms with Crippen LogP contribution in [-0.2, 0) is 19.6 Å². The Balaban J connectivity index is 1.64. The smallest absolute Gasteiger partial charge is 0.261 e. The Morgan fingerprint density at radius 1 is 0.914 bits per heavy atom. The van der Waals surface area contributed by atoms with Crippen LogP contribution in [0.25, 0.3) is 16.7 Å². The number of hydrogen-bond donors (Lipinski definition) is 3. The second kappa shape index (κ2) is 9.16. The zero-order valence-corrected chi connectivity index (χ0v) is 19.6. The summed E-state index contributed by atoms with van der Waals surface area (Å²) in [6.45, 7) is 1.78. The van der Waals surface area contributed by atoms with E-state index in [0.717, 1.165) is 10.5 Å². The van der Waals surface area contributed by atoms with Gasteiger partial charge in [-0.1, -0.05) is 54.6 Å². The van der Waals surface area contributed by atoms with Crippen LogP contribution in [0.15, 0.2) is 88.4 Å². The van der Waals surface area contributed by atoms with Gasteiger partial charge in [-0.05, 0) is 41.8 Å². The molecule has 0 spiro atoms. The minimum absolute atomic E-state index is 0.00701. The number of allylic oxidation sites excluding steroid dienone is 1. The van der Waals surface area contributed by atoms with Crippen LogP contribution in [0.4, 0.5) is 5.69 Å². The molecule has 3 aromatic carbocycles. The van der Waals surface area contributed by atoms with Crippen molar-refractivity contribution in [2.75, 3.05) is 4.90 Å². The monoisotopic (exact) mass is 489 g/mol. The van der Waals surface area contributed by atoms with Crippen molar-refractivity contribution in [1.82, 2.24) is 0 Å². The highest BCUT2D eigenvalue weighted by atomic mass is 32.2. The molecule has 0 saturated carbocycles. The number of primary sulfonamides is 1. The maximum Gasteiger partial charge on any atom is 0.261 e. The third-order valence-corrected chi connectivity index (χ3v) is 6.84. The summed E-state index contributed by atoms with van der Waals surface area (Å²) in [7, 11) is -3.92. The summed E-state index contributed by atoms with van der Waals surface area (Å²) in [5.74, 6) is 4.64. The number of carbonyl (C=O) groups is 2. The number of sulfonamides is 1. The number of anilines is 1. The first-order chi connectivity index (χ1) is 16.6. The minimum Gasteiger partial charge on any atom is -0.382 e. The largest absolute Gasteiger partial charge is 0.382 e. The molecule has 0 unspecified atom stereocenters. The highest BCUT2D eigenvalue weighted by Gasteiger charge is 2.36. The number of amidine groups is 1. The minimum atomic E-state index is -3.92. The number of imide groups is 1. The molecule has 1 aliphatic rings. The maximum absolute atomic E-state index is 13.2. The number of benzene rings is 3. The fourth-order valence-electron chi connectivity index (χ4n) is 3.99. The molecule has 4 rings (SSSR count). The van der Waals surface area contributed by atoms with E-state index in [9.17, 15) is 18.0 Å². The van der Waals surface area contributed by atoms with E-state index in [4.69, 9.17) is 16.7 Å². The van der Waals surface area contributed by atoms with Crippen molar-refractivity contribution in [2.45, 2.75) is 18.2 Å².